The van der Waals surface area contributed by atoms with E-state index in [4.69, 9.17) is 5.11 Å². The van der Waals surface area contributed by atoms with Crippen molar-refractivity contribution in [2.75, 3.05) is 5.32 Å². The van der Waals surface area contributed by atoms with E-state index in [1.54, 1.807) is 0 Å². The molecule has 0 heterocycles. The molecule has 1 amide bonds. The standard InChI is InChI=1S/C23H26N2O4/c1-22(2)11-12-23(3,4)18-13-15(7-10-17(18)22)19(25-29)20(26)24-16-8-5-14(6-9-16)21(27)28/h5-10,13,29H,11-12H2,1-4H3,(H,24,26)(H,27,28). The van der Waals surface area contributed by atoms with E-state index in [1.165, 1.54) is 29.8 Å². The summed E-state index contributed by atoms with van der Waals surface area (Å²) in [4.78, 5) is 23.7. The summed E-state index contributed by atoms with van der Waals surface area (Å²) in [5.41, 5.74) is 3.41. The monoisotopic (exact) mass is 394 g/mol. The minimum Gasteiger partial charge on any atom is -0.478 e. The number of rotatable bonds is 4. The van der Waals surface area contributed by atoms with Crippen molar-refractivity contribution in [1.82, 2.24) is 0 Å². The van der Waals surface area contributed by atoms with Crippen molar-refractivity contribution >= 4 is 23.3 Å². The second kappa shape index (κ2) is 7.35. The Balaban J connectivity index is 1.90. The van der Waals surface area contributed by atoms with Crippen LogP contribution in [-0.2, 0) is 15.6 Å². The number of hydrogen-bond donors (Lipinski definition) is 3. The summed E-state index contributed by atoms with van der Waals surface area (Å²) in [7, 11) is 0. The topological polar surface area (TPSA) is 99.0 Å². The molecule has 0 unspecified atom stereocenters. The van der Waals surface area contributed by atoms with E-state index in [9.17, 15) is 14.8 Å². The lowest BCUT2D eigenvalue weighted by Crippen LogP contribution is -2.34. The summed E-state index contributed by atoms with van der Waals surface area (Å²) in [6.07, 6.45) is 2.12. The van der Waals surface area contributed by atoms with Crippen LogP contribution in [0, 0.1) is 0 Å². The molecular formula is C23H26N2O4. The molecule has 0 saturated heterocycles. The number of carboxylic acids is 1. The molecule has 6 nitrogen and oxygen atoms in total. The van der Waals surface area contributed by atoms with Crippen LogP contribution in [0.15, 0.2) is 47.6 Å². The van der Waals surface area contributed by atoms with Crippen molar-refractivity contribution in [3.05, 3.63) is 64.7 Å². The van der Waals surface area contributed by atoms with Gasteiger partial charge in [-0.05, 0) is 65.1 Å². The molecule has 3 N–H and O–H groups in total. The highest BCUT2D eigenvalue weighted by Gasteiger charge is 2.37. The lowest BCUT2D eigenvalue weighted by molar-refractivity contribution is -0.110. The van der Waals surface area contributed by atoms with Crippen LogP contribution in [0.4, 0.5) is 5.69 Å². The van der Waals surface area contributed by atoms with Crippen molar-refractivity contribution in [3.63, 3.8) is 0 Å². The molecule has 6 heteroatoms. The highest BCUT2D eigenvalue weighted by atomic mass is 16.4. The molecule has 2 aromatic carbocycles. The summed E-state index contributed by atoms with van der Waals surface area (Å²) < 4.78 is 0. The average molecular weight is 394 g/mol. The van der Waals surface area contributed by atoms with E-state index in [1.807, 2.05) is 18.2 Å². The van der Waals surface area contributed by atoms with Crippen LogP contribution in [0.25, 0.3) is 0 Å². The van der Waals surface area contributed by atoms with Crippen LogP contribution in [0.2, 0.25) is 0 Å². The van der Waals surface area contributed by atoms with Gasteiger partial charge >= 0.3 is 5.97 Å². The molecule has 0 aromatic heterocycles. The van der Waals surface area contributed by atoms with Gasteiger partial charge in [-0.3, -0.25) is 4.79 Å². The average Bonchev–Trinajstić information content (AvgIpc) is 2.66. The van der Waals surface area contributed by atoms with Crippen molar-refractivity contribution < 1.29 is 19.9 Å². The quantitative estimate of drug-likeness (QED) is 0.402. The Bertz CT molecular complexity index is 988. The molecular weight excluding hydrogens is 368 g/mol. The smallest absolute Gasteiger partial charge is 0.335 e. The second-order valence-electron chi connectivity index (χ2n) is 8.81. The fourth-order valence-electron chi connectivity index (χ4n) is 3.86. The van der Waals surface area contributed by atoms with Gasteiger partial charge < -0.3 is 15.6 Å². The Morgan fingerprint density at radius 3 is 2.00 bits per heavy atom. The number of carboxylic acid groups (broad SMARTS) is 1. The number of carbonyl (C=O) groups is 2. The highest BCUT2D eigenvalue weighted by Crippen LogP contribution is 2.45. The Morgan fingerprint density at radius 1 is 0.897 bits per heavy atom. The van der Waals surface area contributed by atoms with Crippen LogP contribution in [0.1, 0.15) is 67.6 Å². The van der Waals surface area contributed by atoms with E-state index in [-0.39, 0.29) is 22.1 Å². The number of hydrogen-bond acceptors (Lipinski definition) is 4. The van der Waals surface area contributed by atoms with Crippen molar-refractivity contribution in [1.29, 1.82) is 0 Å². The Labute approximate surface area is 170 Å². The third-order valence-electron chi connectivity index (χ3n) is 5.83. The van der Waals surface area contributed by atoms with Crippen LogP contribution >= 0.6 is 0 Å². The number of oxime groups is 1. The number of fused-ring (bicyclic) bond motifs is 1. The minimum absolute atomic E-state index is 0.0371. The van der Waals surface area contributed by atoms with Crippen LogP contribution in [0.3, 0.4) is 0 Å². The van der Waals surface area contributed by atoms with Gasteiger partial charge in [-0.2, -0.15) is 0 Å². The van der Waals surface area contributed by atoms with E-state index in [2.05, 4.69) is 38.2 Å². The summed E-state index contributed by atoms with van der Waals surface area (Å²) in [6, 6.07) is 11.6. The zero-order valence-electron chi connectivity index (χ0n) is 17.1. The lowest BCUT2D eigenvalue weighted by atomic mass is 9.63. The van der Waals surface area contributed by atoms with Crippen LogP contribution in [-0.4, -0.2) is 27.9 Å². The molecule has 0 atom stereocenters. The lowest BCUT2D eigenvalue weighted by Gasteiger charge is -2.42. The number of amides is 1. The largest absolute Gasteiger partial charge is 0.478 e. The number of aromatic carboxylic acids is 1. The number of nitrogens with zero attached hydrogens (tertiary/aromatic N) is 1. The number of benzene rings is 2. The first-order valence-electron chi connectivity index (χ1n) is 9.57. The van der Waals surface area contributed by atoms with Gasteiger partial charge in [-0.15, -0.1) is 0 Å². The number of nitrogens with one attached hydrogen (secondary N) is 1. The Hall–Kier alpha value is -3.15. The highest BCUT2D eigenvalue weighted by molar-refractivity contribution is 6.48. The summed E-state index contributed by atoms with van der Waals surface area (Å²) in [6.45, 7) is 8.81. The van der Waals surface area contributed by atoms with Crippen molar-refractivity contribution in [2.24, 2.45) is 5.16 Å². The maximum atomic E-state index is 12.7. The maximum absolute atomic E-state index is 12.7. The molecule has 1 aliphatic carbocycles. The fourth-order valence-corrected chi connectivity index (χ4v) is 3.86. The van der Waals surface area contributed by atoms with Crippen LogP contribution < -0.4 is 5.32 Å². The van der Waals surface area contributed by atoms with Gasteiger partial charge in [0.25, 0.3) is 5.91 Å². The first kappa shape index (κ1) is 20.6. The number of carbonyl (C=O) groups excluding carboxylic acids is 1. The molecule has 1 aliphatic rings. The fraction of sp³-hybridized carbons (Fsp3) is 0.348. The van der Waals surface area contributed by atoms with E-state index >= 15 is 0 Å². The summed E-state index contributed by atoms with van der Waals surface area (Å²) >= 11 is 0. The molecule has 3 rings (SSSR count). The molecule has 0 aliphatic heterocycles. The normalized spacial score (nSPS) is 17.3. The second-order valence-corrected chi connectivity index (χ2v) is 8.81. The zero-order chi connectivity index (χ0) is 21.4. The minimum atomic E-state index is -1.04. The number of anilines is 1. The molecule has 0 radical (unpaired) electrons. The van der Waals surface area contributed by atoms with E-state index < -0.39 is 11.9 Å². The van der Waals surface area contributed by atoms with Gasteiger partial charge in [-0.25, -0.2) is 4.79 Å². The predicted molar refractivity (Wildman–Crippen MR) is 112 cm³/mol. The summed E-state index contributed by atoms with van der Waals surface area (Å²) in [5, 5.41) is 24.4. The molecule has 2 aromatic rings. The van der Waals surface area contributed by atoms with Gasteiger partial charge in [0.2, 0.25) is 0 Å². The SMILES string of the molecule is CC1(C)CCC(C)(C)c2cc(C(=NO)C(=O)Nc3ccc(C(=O)O)cc3)ccc21. The van der Waals surface area contributed by atoms with E-state index in [0.717, 1.165) is 18.4 Å². The zero-order valence-corrected chi connectivity index (χ0v) is 17.1. The molecule has 0 saturated carbocycles. The maximum Gasteiger partial charge on any atom is 0.335 e. The third kappa shape index (κ3) is 4.01. The van der Waals surface area contributed by atoms with Crippen molar-refractivity contribution in [2.45, 2.75) is 51.4 Å². The predicted octanol–water partition coefficient (Wildman–Crippen LogP) is 4.55. The summed E-state index contributed by atoms with van der Waals surface area (Å²) in [5.74, 6) is -1.61. The molecule has 29 heavy (non-hydrogen) atoms. The van der Waals surface area contributed by atoms with E-state index in [0.29, 0.717) is 11.3 Å². The first-order valence-corrected chi connectivity index (χ1v) is 9.57. The van der Waals surface area contributed by atoms with Gasteiger partial charge in [0, 0.05) is 11.3 Å². The Morgan fingerprint density at radius 2 is 1.45 bits per heavy atom. The van der Waals surface area contributed by atoms with Gasteiger partial charge in [0.1, 0.15) is 0 Å². The van der Waals surface area contributed by atoms with Gasteiger partial charge in [-0.1, -0.05) is 45.0 Å². The van der Waals surface area contributed by atoms with Gasteiger partial charge in [0.05, 0.1) is 5.56 Å². The molecule has 0 spiro atoms. The van der Waals surface area contributed by atoms with Crippen LogP contribution in [0.5, 0.6) is 0 Å². The third-order valence-corrected chi connectivity index (χ3v) is 5.83. The Kier molecular flexibility index (Phi) is 5.22. The van der Waals surface area contributed by atoms with Crippen molar-refractivity contribution in [3.8, 4) is 0 Å². The molecule has 152 valence electrons. The molecule has 0 fully saturated rings. The molecule has 0 bridgehead atoms. The van der Waals surface area contributed by atoms with Gasteiger partial charge in [0.15, 0.2) is 5.71 Å². The first-order chi connectivity index (χ1) is 13.5.